The maximum Gasteiger partial charge on any atom is 0.169 e. The predicted octanol–water partition coefficient (Wildman–Crippen LogP) is 2.54. The number of Topliss-reactive ketones (excluding diaryl/α,β-unsaturated/α-hetero) is 1. The molecule has 92 valence electrons. The first-order chi connectivity index (χ1) is 8.74. The van der Waals surface area contributed by atoms with Crippen LogP contribution in [-0.4, -0.2) is 26.3 Å². The number of fused-ring (bicyclic) bond motifs is 1. The van der Waals surface area contributed by atoms with Gasteiger partial charge in [-0.15, -0.1) is 11.8 Å². The fraction of sp³-hybridized carbons (Fsp3) is 0.250. The Morgan fingerprint density at radius 1 is 1.50 bits per heavy atom. The zero-order chi connectivity index (χ0) is 12.5. The molecule has 0 amide bonds. The van der Waals surface area contributed by atoms with E-state index in [4.69, 9.17) is 11.6 Å². The van der Waals surface area contributed by atoms with Crippen LogP contribution in [0.4, 0.5) is 0 Å². The van der Waals surface area contributed by atoms with Crippen LogP contribution in [0.25, 0.3) is 0 Å². The predicted molar refractivity (Wildman–Crippen MR) is 70.0 cm³/mol. The molecule has 4 nitrogen and oxygen atoms in total. The molecule has 1 aromatic heterocycles. The molecule has 2 heterocycles. The third kappa shape index (κ3) is 2.15. The first-order valence-electron chi connectivity index (χ1n) is 5.53. The molecule has 0 N–H and O–H groups in total. The minimum atomic E-state index is -0.0670. The molecule has 2 aromatic rings. The van der Waals surface area contributed by atoms with Crippen molar-refractivity contribution >= 4 is 29.1 Å². The molecular formula is C12H10ClN3OS. The van der Waals surface area contributed by atoms with Crippen LogP contribution < -0.4 is 0 Å². The van der Waals surface area contributed by atoms with E-state index < -0.39 is 0 Å². The van der Waals surface area contributed by atoms with Crippen LogP contribution in [-0.2, 0) is 6.54 Å². The monoisotopic (exact) mass is 279 g/mol. The van der Waals surface area contributed by atoms with E-state index in [9.17, 15) is 4.79 Å². The van der Waals surface area contributed by atoms with Crippen LogP contribution in [0.5, 0.6) is 0 Å². The van der Waals surface area contributed by atoms with Crippen LogP contribution in [0.2, 0.25) is 5.02 Å². The van der Waals surface area contributed by atoms with Gasteiger partial charge in [-0.3, -0.25) is 9.48 Å². The zero-order valence-corrected chi connectivity index (χ0v) is 11.0. The highest BCUT2D eigenvalue weighted by Crippen LogP contribution is 2.34. The van der Waals surface area contributed by atoms with Crippen molar-refractivity contribution in [1.82, 2.24) is 14.8 Å². The molecule has 0 bridgehead atoms. The van der Waals surface area contributed by atoms with Crippen molar-refractivity contribution in [2.75, 3.05) is 5.75 Å². The van der Waals surface area contributed by atoms with Crippen molar-refractivity contribution in [1.29, 1.82) is 0 Å². The molecule has 1 aromatic carbocycles. The van der Waals surface area contributed by atoms with Gasteiger partial charge in [-0.1, -0.05) is 11.6 Å². The zero-order valence-electron chi connectivity index (χ0n) is 9.41. The molecule has 0 aliphatic carbocycles. The molecule has 3 rings (SSSR count). The second-order valence-corrected chi connectivity index (χ2v) is 5.63. The lowest BCUT2D eigenvalue weighted by Crippen LogP contribution is -2.26. The molecule has 6 heteroatoms. The molecule has 1 atom stereocenters. The molecule has 1 aliphatic heterocycles. The van der Waals surface area contributed by atoms with E-state index in [1.165, 1.54) is 6.33 Å². The van der Waals surface area contributed by atoms with Gasteiger partial charge in [0, 0.05) is 21.2 Å². The number of carbonyl (C=O) groups is 1. The standard InChI is InChI=1S/C12H10ClN3OS/c13-9-1-2-11-10(3-9)12(17)8(5-18-11)4-16-7-14-6-15-16/h1-3,6-8H,4-5H2. The SMILES string of the molecule is O=C1c2cc(Cl)ccc2SCC1Cn1cncn1. The van der Waals surface area contributed by atoms with Crippen molar-refractivity contribution in [2.45, 2.75) is 11.4 Å². The maximum atomic E-state index is 12.4. The minimum Gasteiger partial charge on any atom is -0.294 e. The van der Waals surface area contributed by atoms with Crippen LogP contribution in [0.15, 0.2) is 35.7 Å². The Balaban J connectivity index is 1.87. The van der Waals surface area contributed by atoms with E-state index in [-0.39, 0.29) is 11.7 Å². The Morgan fingerprint density at radius 3 is 3.17 bits per heavy atom. The van der Waals surface area contributed by atoms with Crippen LogP contribution in [0, 0.1) is 5.92 Å². The number of nitrogens with zero attached hydrogens (tertiary/aromatic N) is 3. The molecule has 18 heavy (non-hydrogen) atoms. The molecular weight excluding hydrogens is 270 g/mol. The summed E-state index contributed by atoms with van der Waals surface area (Å²) in [5, 5.41) is 4.64. The summed E-state index contributed by atoms with van der Waals surface area (Å²) in [7, 11) is 0. The van der Waals surface area contributed by atoms with Gasteiger partial charge < -0.3 is 0 Å². The third-order valence-corrected chi connectivity index (χ3v) is 4.36. The fourth-order valence-corrected chi connectivity index (χ4v) is 3.28. The number of rotatable bonds is 2. The molecule has 0 saturated carbocycles. The number of halogens is 1. The van der Waals surface area contributed by atoms with E-state index in [0.717, 1.165) is 16.2 Å². The number of hydrogen-bond donors (Lipinski definition) is 0. The summed E-state index contributed by atoms with van der Waals surface area (Å²) >= 11 is 7.63. The normalized spacial score (nSPS) is 18.7. The second-order valence-electron chi connectivity index (χ2n) is 4.13. The average molecular weight is 280 g/mol. The summed E-state index contributed by atoms with van der Waals surface area (Å²) in [4.78, 5) is 17.3. The third-order valence-electron chi connectivity index (χ3n) is 2.89. The number of aromatic nitrogens is 3. The summed E-state index contributed by atoms with van der Waals surface area (Å²) in [5.41, 5.74) is 0.726. The van der Waals surface area contributed by atoms with E-state index in [2.05, 4.69) is 10.1 Å². The number of carbonyl (C=O) groups excluding carboxylic acids is 1. The van der Waals surface area contributed by atoms with Crippen molar-refractivity contribution in [3.05, 3.63) is 41.4 Å². The average Bonchev–Trinajstić information content (AvgIpc) is 2.86. The van der Waals surface area contributed by atoms with Gasteiger partial charge in [-0.2, -0.15) is 5.10 Å². The Morgan fingerprint density at radius 2 is 2.39 bits per heavy atom. The summed E-state index contributed by atoms with van der Waals surface area (Å²) in [6.45, 7) is 0.567. The molecule has 1 aliphatic rings. The number of benzene rings is 1. The van der Waals surface area contributed by atoms with Gasteiger partial charge in [0.25, 0.3) is 0 Å². The lowest BCUT2D eigenvalue weighted by Gasteiger charge is -2.22. The van der Waals surface area contributed by atoms with Gasteiger partial charge in [-0.05, 0) is 18.2 Å². The largest absolute Gasteiger partial charge is 0.294 e. The van der Waals surface area contributed by atoms with Gasteiger partial charge in [0.05, 0.1) is 12.5 Å². The van der Waals surface area contributed by atoms with Crippen LogP contribution >= 0.6 is 23.4 Å². The fourth-order valence-electron chi connectivity index (χ4n) is 2.00. The van der Waals surface area contributed by atoms with Gasteiger partial charge >= 0.3 is 0 Å². The van der Waals surface area contributed by atoms with Crippen molar-refractivity contribution in [3.63, 3.8) is 0 Å². The maximum absolute atomic E-state index is 12.4. The molecule has 0 saturated heterocycles. The topological polar surface area (TPSA) is 47.8 Å². The van der Waals surface area contributed by atoms with Crippen molar-refractivity contribution in [3.8, 4) is 0 Å². The van der Waals surface area contributed by atoms with E-state index >= 15 is 0 Å². The lowest BCUT2D eigenvalue weighted by atomic mass is 9.98. The highest BCUT2D eigenvalue weighted by molar-refractivity contribution is 7.99. The van der Waals surface area contributed by atoms with E-state index in [1.54, 1.807) is 28.8 Å². The summed E-state index contributed by atoms with van der Waals surface area (Å²) in [5.74, 6) is 0.845. The van der Waals surface area contributed by atoms with Crippen molar-refractivity contribution in [2.24, 2.45) is 5.92 Å². The molecule has 0 radical (unpaired) electrons. The van der Waals surface area contributed by atoms with Crippen molar-refractivity contribution < 1.29 is 4.79 Å². The van der Waals surface area contributed by atoms with Crippen LogP contribution in [0.1, 0.15) is 10.4 Å². The highest BCUT2D eigenvalue weighted by Gasteiger charge is 2.28. The smallest absolute Gasteiger partial charge is 0.169 e. The van der Waals surface area contributed by atoms with E-state index in [1.807, 2.05) is 12.1 Å². The summed E-state index contributed by atoms with van der Waals surface area (Å²) in [6.07, 6.45) is 3.11. The van der Waals surface area contributed by atoms with Gasteiger partial charge in [-0.25, -0.2) is 4.98 Å². The lowest BCUT2D eigenvalue weighted by molar-refractivity contribution is 0.0912. The second kappa shape index (κ2) is 4.74. The Bertz CT molecular complexity index is 585. The summed E-state index contributed by atoms with van der Waals surface area (Å²) < 4.78 is 1.69. The Hall–Kier alpha value is -1.33. The van der Waals surface area contributed by atoms with E-state index in [0.29, 0.717) is 11.6 Å². The molecule has 0 spiro atoms. The number of hydrogen-bond acceptors (Lipinski definition) is 4. The van der Waals surface area contributed by atoms with Crippen LogP contribution in [0.3, 0.4) is 0 Å². The van der Waals surface area contributed by atoms with Gasteiger partial charge in [0.15, 0.2) is 5.78 Å². The van der Waals surface area contributed by atoms with Gasteiger partial charge in [0.2, 0.25) is 0 Å². The molecule has 1 unspecified atom stereocenters. The first kappa shape index (κ1) is 11.7. The number of ketones is 1. The number of thioether (sulfide) groups is 1. The minimum absolute atomic E-state index is 0.0670. The summed E-state index contributed by atoms with van der Waals surface area (Å²) in [6, 6.07) is 5.48. The Labute approximate surface area is 113 Å². The first-order valence-corrected chi connectivity index (χ1v) is 6.89. The highest BCUT2D eigenvalue weighted by atomic mass is 35.5. The molecule has 0 fully saturated rings. The van der Waals surface area contributed by atoms with Gasteiger partial charge in [0.1, 0.15) is 12.7 Å². The Kier molecular flexibility index (Phi) is 3.09. The quantitative estimate of drug-likeness (QED) is 0.848.